The Morgan fingerprint density at radius 2 is 1.93 bits per heavy atom. The Bertz CT molecular complexity index is 1140. The first-order valence-electron chi connectivity index (χ1n) is 9.01. The fourth-order valence-electron chi connectivity index (χ4n) is 3.23. The summed E-state index contributed by atoms with van der Waals surface area (Å²) in [6, 6.07) is 10.8. The lowest BCUT2D eigenvalue weighted by molar-refractivity contribution is 0.0514. The molecule has 0 saturated carbocycles. The predicted molar refractivity (Wildman–Crippen MR) is 114 cm³/mol. The van der Waals surface area contributed by atoms with E-state index >= 15 is 0 Å². The number of nitrogens with zero attached hydrogens (tertiary/aromatic N) is 2. The molecule has 5 nitrogen and oxygen atoms in total. The van der Waals surface area contributed by atoms with Gasteiger partial charge in [-0.2, -0.15) is 5.26 Å². The summed E-state index contributed by atoms with van der Waals surface area (Å²) in [5, 5.41) is 10.4. The first kappa shape index (κ1) is 21.0. The fourth-order valence-corrected chi connectivity index (χ4v) is 4.40. The number of rotatable bonds is 6. The van der Waals surface area contributed by atoms with Gasteiger partial charge in [-0.05, 0) is 56.2 Å². The Kier molecular flexibility index (Phi) is 6.31. The molecule has 0 atom stereocenters. The number of thioether (sulfide) groups is 1. The molecule has 0 saturated heterocycles. The number of aromatic nitrogens is 1. The van der Waals surface area contributed by atoms with Gasteiger partial charge in [0, 0.05) is 16.8 Å². The maximum atomic E-state index is 12.7. The SMILES string of the molecule is CCOC(=O)c1c(SCC(=O)c2ccc(Cl)cc2)c(C#N)c2c(C)cc(C)cn12. The van der Waals surface area contributed by atoms with Crippen LogP contribution in [0.2, 0.25) is 5.02 Å². The van der Waals surface area contributed by atoms with E-state index in [0.717, 1.165) is 11.1 Å². The Morgan fingerprint density at radius 3 is 2.55 bits per heavy atom. The van der Waals surface area contributed by atoms with Crippen LogP contribution in [0.4, 0.5) is 0 Å². The van der Waals surface area contributed by atoms with E-state index in [2.05, 4.69) is 6.07 Å². The summed E-state index contributed by atoms with van der Waals surface area (Å²) in [7, 11) is 0. The van der Waals surface area contributed by atoms with Crippen LogP contribution in [0, 0.1) is 25.2 Å². The second-order valence-corrected chi connectivity index (χ2v) is 7.94. The highest BCUT2D eigenvalue weighted by Crippen LogP contribution is 2.35. The van der Waals surface area contributed by atoms with Crippen LogP contribution >= 0.6 is 23.4 Å². The number of Topliss-reactive ketones (excluding diaryl/α,β-unsaturated/α-hetero) is 1. The van der Waals surface area contributed by atoms with Gasteiger partial charge in [0.2, 0.25) is 0 Å². The molecule has 0 fully saturated rings. The number of carbonyl (C=O) groups is 2. The summed E-state index contributed by atoms with van der Waals surface area (Å²) in [6.07, 6.45) is 1.81. The van der Waals surface area contributed by atoms with Crippen molar-refractivity contribution < 1.29 is 14.3 Å². The highest BCUT2D eigenvalue weighted by Gasteiger charge is 2.26. The number of esters is 1. The summed E-state index contributed by atoms with van der Waals surface area (Å²) in [5.74, 6) is -0.554. The van der Waals surface area contributed by atoms with Gasteiger partial charge in [-0.3, -0.25) is 4.79 Å². The van der Waals surface area contributed by atoms with Crippen molar-refractivity contribution in [2.75, 3.05) is 12.4 Å². The predicted octanol–water partition coefficient (Wildman–Crippen LogP) is 5.23. The molecule has 7 heteroatoms. The van der Waals surface area contributed by atoms with Crippen molar-refractivity contribution in [1.82, 2.24) is 4.40 Å². The van der Waals surface area contributed by atoms with E-state index in [1.807, 2.05) is 19.9 Å². The minimum atomic E-state index is -0.518. The lowest BCUT2D eigenvalue weighted by atomic mass is 10.1. The maximum Gasteiger partial charge on any atom is 0.356 e. The highest BCUT2D eigenvalue weighted by atomic mass is 35.5. The second kappa shape index (κ2) is 8.73. The Balaban J connectivity index is 2.08. The van der Waals surface area contributed by atoms with Gasteiger partial charge in [-0.1, -0.05) is 17.7 Å². The van der Waals surface area contributed by atoms with Crippen LogP contribution in [0.25, 0.3) is 5.52 Å². The first-order valence-corrected chi connectivity index (χ1v) is 10.4. The normalized spacial score (nSPS) is 10.7. The fraction of sp³-hybridized carbons (Fsp3) is 0.227. The number of ketones is 1. The van der Waals surface area contributed by atoms with Gasteiger partial charge in [0.15, 0.2) is 5.78 Å². The molecule has 0 bridgehead atoms. The van der Waals surface area contributed by atoms with Crippen molar-refractivity contribution in [3.8, 4) is 6.07 Å². The van der Waals surface area contributed by atoms with E-state index in [1.165, 1.54) is 11.8 Å². The molecule has 0 aliphatic heterocycles. The summed E-state index contributed by atoms with van der Waals surface area (Å²) in [4.78, 5) is 25.8. The van der Waals surface area contributed by atoms with Crippen molar-refractivity contribution in [1.29, 1.82) is 5.26 Å². The summed E-state index contributed by atoms with van der Waals surface area (Å²) in [6.45, 7) is 5.76. The van der Waals surface area contributed by atoms with Crippen LogP contribution < -0.4 is 0 Å². The van der Waals surface area contributed by atoms with Crippen LogP contribution in [0.15, 0.2) is 41.4 Å². The second-order valence-electron chi connectivity index (χ2n) is 6.52. The maximum absolute atomic E-state index is 12.7. The van der Waals surface area contributed by atoms with Crippen LogP contribution in [-0.2, 0) is 4.74 Å². The molecule has 0 radical (unpaired) electrons. The van der Waals surface area contributed by atoms with Gasteiger partial charge >= 0.3 is 5.97 Å². The average Bonchev–Trinajstić information content (AvgIpc) is 3.00. The van der Waals surface area contributed by atoms with Crippen LogP contribution in [0.5, 0.6) is 0 Å². The zero-order valence-electron chi connectivity index (χ0n) is 16.3. The van der Waals surface area contributed by atoms with Crippen LogP contribution in [-0.4, -0.2) is 28.5 Å². The largest absolute Gasteiger partial charge is 0.461 e. The van der Waals surface area contributed by atoms with Crippen molar-refractivity contribution in [3.63, 3.8) is 0 Å². The highest BCUT2D eigenvalue weighted by molar-refractivity contribution is 8.00. The van der Waals surface area contributed by atoms with E-state index < -0.39 is 5.97 Å². The Hall–Kier alpha value is -2.75. The zero-order valence-corrected chi connectivity index (χ0v) is 17.9. The number of benzene rings is 1. The summed E-state index contributed by atoms with van der Waals surface area (Å²) < 4.78 is 6.94. The molecule has 2 heterocycles. The molecule has 0 spiro atoms. The lowest BCUT2D eigenvalue weighted by Crippen LogP contribution is -2.10. The molecule has 3 aromatic rings. The van der Waals surface area contributed by atoms with E-state index in [1.54, 1.807) is 41.8 Å². The third-order valence-electron chi connectivity index (χ3n) is 4.41. The van der Waals surface area contributed by atoms with Crippen LogP contribution in [0.1, 0.15) is 44.5 Å². The third-order valence-corrected chi connectivity index (χ3v) is 5.75. The number of hydrogen-bond donors (Lipinski definition) is 0. The number of carbonyl (C=O) groups excluding carboxylic acids is 2. The Morgan fingerprint density at radius 1 is 1.24 bits per heavy atom. The number of hydrogen-bond acceptors (Lipinski definition) is 5. The average molecular weight is 427 g/mol. The number of nitriles is 1. The Labute approximate surface area is 178 Å². The van der Waals surface area contributed by atoms with E-state index in [0.29, 0.717) is 26.6 Å². The van der Waals surface area contributed by atoms with Crippen LogP contribution in [0.3, 0.4) is 0 Å². The lowest BCUT2D eigenvalue weighted by Gasteiger charge is -2.07. The minimum absolute atomic E-state index is 0.0810. The molecule has 1 aromatic carbocycles. The molecule has 2 aromatic heterocycles. The molecule has 0 aliphatic rings. The molecular weight excluding hydrogens is 408 g/mol. The zero-order chi connectivity index (χ0) is 21.1. The number of fused-ring (bicyclic) bond motifs is 1. The van der Waals surface area contributed by atoms with Gasteiger partial charge in [0.05, 0.1) is 28.3 Å². The quantitative estimate of drug-likeness (QED) is 0.306. The molecule has 0 N–H and O–H groups in total. The molecule has 29 heavy (non-hydrogen) atoms. The smallest absolute Gasteiger partial charge is 0.356 e. The number of pyridine rings is 1. The minimum Gasteiger partial charge on any atom is -0.461 e. The first-order chi connectivity index (χ1) is 13.9. The van der Waals surface area contributed by atoms with Gasteiger partial charge in [0.1, 0.15) is 11.8 Å². The molecular formula is C22H19ClN2O3S. The van der Waals surface area contributed by atoms with E-state index in [9.17, 15) is 14.9 Å². The molecule has 148 valence electrons. The summed E-state index contributed by atoms with van der Waals surface area (Å²) in [5.41, 5.74) is 3.66. The topological polar surface area (TPSA) is 71.6 Å². The van der Waals surface area contributed by atoms with Gasteiger partial charge in [-0.25, -0.2) is 4.79 Å². The van der Waals surface area contributed by atoms with Crippen molar-refractivity contribution in [2.45, 2.75) is 25.7 Å². The van der Waals surface area contributed by atoms with Crippen molar-refractivity contribution in [2.24, 2.45) is 0 Å². The molecule has 3 rings (SSSR count). The molecule has 0 unspecified atom stereocenters. The van der Waals surface area contributed by atoms with Crippen molar-refractivity contribution in [3.05, 3.63) is 69.5 Å². The van der Waals surface area contributed by atoms with Gasteiger partial charge in [0.25, 0.3) is 0 Å². The molecule has 0 amide bonds. The van der Waals surface area contributed by atoms with E-state index in [-0.39, 0.29) is 23.8 Å². The molecule has 0 aliphatic carbocycles. The number of halogens is 1. The van der Waals surface area contributed by atoms with E-state index in [4.69, 9.17) is 16.3 Å². The van der Waals surface area contributed by atoms with Gasteiger partial charge < -0.3 is 9.14 Å². The number of aryl methyl sites for hydroxylation is 2. The monoisotopic (exact) mass is 426 g/mol. The number of ether oxygens (including phenoxy) is 1. The third kappa shape index (κ3) is 4.16. The standard InChI is InChI=1S/C22H19ClN2O3S/c1-4-28-22(27)20-21(29-12-18(26)15-5-7-16(23)8-6-15)17(10-24)19-14(3)9-13(2)11-25(19)20/h5-9,11H,4,12H2,1-3H3. The van der Waals surface area contributed by atoms with Crippen molar-refractivity contribution >= 4 is 40.6 Å². The van der Waals surface area contributed by atoms with Gasteiger partial charge in [-0.15, -0.1) is 11.8 Å². The summed E-state index contributed by atoms with van der Waals surface area (Å²) >= 11 is 7.05.